The number of nitrogens with one attached hydrogen (secondary N) is 1. The second-order valence-electron chi connectivity index (χ2n) is 8.81. The third-order valence-corrected chi connectivity index (χ3v) is 6.43. The third kappa shape index (κ3) is 5.04. The molecule has 1 saturated heterocycles. The standard InChI is InChI=1S/C26H25F3N6O4/c1-2-38-18-5-3-17(16-4-6-20(26(27,28)29)32-21(16)18)23-33-22(19(13-30)39-23)25(37)35-11-9-34(10-12-35)24(36)15-7-8-31-14-15/h3-8,14,31H,2,9-13,30H2,1H3. The number of piperazine rings is 1. The quantitative estimate of drug-likeness (QED) is 0.380. The largest absolute Gasteiger partial charge is 0.492 e. The summed E-state index contributed by atoms with van der Waals surface area (Å²) in [5.41, 5.74) is 5.68. The Labute approximate surface area is 220 Å². The third-order valence-electron chi connectivity index (χ3n) is 6.43. The SMILES string of the molecule is CCOc1ccc(-c2nc(C(=O)N3CCN(C(=O)c4cc[nH]c4)CC3)c(CN)o2)c2ccc(C(F)(F)F)nc12. The number of H-pyrrole nitrogens is 1. The maximum Gasteiger partial charge on any atom is 0.433 e. The van der Waals surface area contributed by atoms with Crippen LogP contribution in [0.2, 0.25) is 0 Å². The molecule has 13 heteroatoms. The van der Waals surface area contributed by atoms with Gasteiger partial charge in [-0.1, -0.05) is 0 Å². The van der Waals surface area contributed by atoms with Crippen molar-refractivity contribution in [2.75, 3.05) is 32.8 Å². The molecule has 0 unspecified atom stereocenters. The fourth-order valence-electron chi connectivity index (χ4n) is 4.48. The molecule has 4 aromatic rings. The molecule has 204 valence electrons. The molecule has 10 nitrogen and oxygen atoms in total. The Kier molecular flexibility index (Phi) is 7.00. The number of fused-ring (bicyclic) bond motifs is 1. The van der Waals surface area contributed by atoms with Crippen LogP contribution in [0.25, 0.3) is 22.4 Å². The molecule has 0 atom stereocenters. The van der Waals surface area contributed by atoms with Crippen molar-refractivity contribution >= 4 is 22.7 Å². The molecule has 0 aliphatic carbocycles. The normalized spacial score (nSPS) is 14.2. The number of hydrogen-bond donors (Lipinski definition) is 2. The predicted molar refractivity (Wildman–Crippen MR) is 134 cm³/mol. The van der Waals surface area contributed by atoms with Gasteiger partial charge < -0.3 is 29.7 Å². The number of nitrogens with zero attached hydrogens (tertiary/aromatic N) is 4. The zero-order valence-corrected chi connectivity index (χ0v) is 20.9. The van der Waals surface area contributed by atoms with Gasteiger partial charge in [0.2, 0.25) is 5.89 Å². The van der Waals surface area contributed by atoms with Gasteiger partial charge in [-0.05, 0) is 37.3 Å². The lowest BCUT2D eigenvalue weighted by atomic mass is 10.1. The molecular formula is C26H25F3N6O4. The number of carbonyl (C=O) groups excluding carboxylic acids is 2. The van der Waals surface area contributed by atoms with Crippen LogP contribution < -0.4 is 10.5 Å². The molecule has 0 saturated carbocycles. The second-order valence-corrected chi connectivity index (χ2v) is 8.81. The maximum atomic E-state index is 13.4. The van der Waals surface area contributed by atoms with Gasteiger partial charge in [0.15, 0.2) is 11.5 Å². The van der Waals surface area contributed by atoms with E-state index in [0.717, 1.165) is 6.07 Å². The molecule has 39 heavy (non-hydrogen) atoms. The molecule has 3 N–H and O–H groups in total. The summed E-state index contributed by atoms with van der Waals surface area (Å²) in [7, 11) is 0. The lowest BCUT2D eigenvalue weighted by molar-refractivity contribution is -0.140. The van der Waals surface area contributed by atoms with Gasteiger partial charge in [0.1, 0.15) is 17.0 Å². The first-order valence-corrected chi connectivity index (χ1v) is 12.3. The van der Waals surface area contributed by atoms with Gasteiger partial charge in [0, 0.05) is 49.5 Å². The zero-order valence-electron chi connectivity index (χ0n) is 20.9. The first kappa shape index (κ1) is 26.2. The summed E-state index contributed by atoms with van der Waals surface area (Å²) < 4.78 is 51.4. The summed E-state index contributed by atoms with van der Waals surface area (Å²) in [6, 6.07) is 6.91. The fourth-order valence-corrected chi connectivity index (χ4v) is 4.48. The summed E-state index contributed by atoms with van der Waals surface area (Å²) in [6.07, 6.45) is -1.35. The van der Waals surface area contributed by atoms with Crippen molar-refractivity contribution < 1.29 is 31.9 Å². The van der Waals surface area contributed by atoms with Crippen LogP contribution >= 0.6 is 0 Å². The summed E-state index contributed by atoms with van der Waals surface area (Å²) in [5, 5.41) is 0.314. The maximum absolute atomic E-state index is 13.4. The van der Waals surface area contributed by atoms with E-state index in [2.05, 4.69) is 15.0 Å². The van der Waals surface area contributed by atoms with Crippen LogP contribution in [0.1, 0.15) is 39.2 Å². The van der Waals surface area contributed by atoms with Crippen LogP contribution in [0, 0.1) is 0 Å². The van der Waals surface area contributed by atoms with Crippen molar-refractivity contribution in [1.29, 1.82) is 0 Å². The Morgan fingerprint density at radius 2 is 1.77 bits per heavy atom. The smallest absolute Gasteiger partial charge is 0.433 e. The highest BCUT2D eigenvalue weighted by Gasteiger charge is 2.34. The van der Waals surface area contributed by atoms with Gasteiger partial charge in [0.25, 0.3) is 11.8 Å². The number of nitrogens with two attached hydrogens (primary N) is 1. The number of oxazole rings is 1. The van der Waals surface area contributed by atoms with E-state index < -0.39 is 17.8 Å². The van der Waals surface area contributed by atoms with Gasteiger partial charge in [-0.3, -0.25) is 9.59 Å². The summed E-state index contributed by atoms with van der Waals surface area (Å²) in [4.78, 5) is 40.3. The minimum atomic E-state index is -4.64. The highest BCUT2D eigenvalue weighted by Crippen LogP contribution is 2.37. The van der Waals surface area contributed by atoms with Crippen molar-refractivity contribution in [3.8, 4) is 17.2 Å². The summed E-state index contributed by atoms with van der Waals surface area (Å²) in [6.45, 7) is 3.08. The number of aromatic nitrogens is 3. The molecule has 1 aliphatic heterocycles. The molecule has 3 aromatic heterocycles. The van der Waals surface area contributed by atoms with E-state index in [-0.39, 0.29) is 60.8 Å². The molecule has 1 aliphatic rings. The number of carbonyl (C=O) groups is 2. The number of pyridine rings is 1. The Hall–Kier alpha value is -4.39. The van der Waals surface area contributed by atoms with Crippen LogP contribution in [-0.4, -0.2) is 69.4 Å². The van der Waals surface area contributed by atoms with Gasteiger partial charge >= 0.3 is 6.18 Å². The van der Waals surface area contributed by atoms with E-state index in [9.17, 15) is 22.8 Å². The Bertz CT molecular complexity index is 1510. The van der Waals surface area contributed by atoms with Crippen LogP contribution in [0.15, 0.2) is 47.1 Å². The number of rotatable bonds is 6. The highest BCUT2D eigenvalue weighted by molar-refractivity contribution is 5.98. The number of ether oxygens (including phenoxy) is 1. The number of alkyl halides is 3. The molecular weight excluding hydrogens is 517 g/mol. The molecule has 0 bridgehead atoms. The molecule has 2 amide bonds. The lowest BCUT2D eigenvalue weighted by Crippen LogP contribution is -2.50. The zero-order chi connectivity index (χ0) is 27.7. The Morgan fingerprint density at radius 1 is 1.05 bits per heavy atom. The van der Waals surface area contributed by atoms with Crippen molar-refractivity contribution in [3.63, 3.8) is 0 Å². The van der Waals surface area contributed by atoms with E-state index >= 15 is 0 Å². The first-order valence-electron chi connectivity index (χ1n) is 12.3. The van der Waals surface area contributed by atoms with Crippen LogP contribution in [0.4, 0.5) is 13.2 Å². The Morgan fingerprint density at radius 3 is 2.38 bits per heavy atom. The average molecular weight is 543 g/mol. The van der Waals surface area contributed by atoms with Crippen LogP contribution in [0.3, 0.4) is 0 Å². The van der Waals surface area contributed by atoms with E-state index in [1.807, 2.05) is 0 Å². The molecule has 5 rings (SSSR count). The number of hydrogen-bond acceptors (Lipinski definition) is 7. The molecule has 1 fully saturated rings. The summed E-state index contributed by atoms with van der Waals surface area (Å²) >= 11 is 0. The monoisotopic (exact) mass is 542 g/mol. The number of aromatic amines is 1. The number of halogens is 3. The average Bonchev–Trinajstić information content (AvgIpc) is 3.63. The minimum absolute atomic E-state index is 0.00670. The lowest BCUT2D eigenvalue weighted by Gasteiger charge is -2.34. The molecule has 0 radical (unpaired) electrons. The van der Waals surface area contributed by atoms with E-state index in [4.69, 9.17) is 14.9 Å². The van der Waals surface area contributed by atoms with Crippen LogP contribution in [-0.2, 0) is 12.7 Å². The van der Waals surface area contributed by atoms with Crippen LogP contribution in [0.5, 0.6) is 5.75 Å². The predicted octanol–water partition coefficient (Wildman–Crippen LogP) is 3.69. The van der Waals surface area contributed by atoms with Gasteiger partial charge in [-0.2, -0.15) is 13.2 Å². The van der Waals surface area contributed by atoms with Crippen molar-refractivity contribution in [3.05, 3.63) is 65.4 Å². The second kappa shape index (κ2) is 10.4. The van der Waals surface area contributed by atoms with Gasteiger partial charge in [0.05, 0.1) is 18.7 Å². The van der Waals surface area contributed by atoms with Crippen molar-refractivity contribution in [2.45, 2.75) is 19.6 Å². The van der Waals surface area contributed by atoms with Gasteiger partial charge in [-0.25, -0.2) is 9.97 Å². The molecule has 1 aromatic carbocycles. The Balaban J connectivity index is 1.43. The van der Waals surface area contributed by atoms with Crippen molar-refractivity contribution in [1.82, 2.24) is 24.8 Å². The van der Waals surface area contributed by atoms with E-state index in [1.54, 1.807) is 41.2 Å². The summed E-state index contributed by atoms with van der Waals surface area (Å²) in [5.74, 6) is -0.194. The van der Waals surface area contributed by atoms with E-state index in [1.165, 1.54) is 12.1 Å². The fraction of sp³-hybridized carbons (Fsp3) is 0.308. The molecule has 0 spiro atoms. The number of amides is 2. The molecule has 4 heterocycles. The first-order chi connectivity index (χ1) is 18.7. The van der Waals surface area contributed by atoms with Gasteiger partial charge in [-0.15, -0.1) is 0 Å². The van der Waals surface area contributed by atoms with E-state index in [0.29, 0.717) is 29.6 Å². The number of benzene rings is 1. The minimum Gasteiger partial charge on any atom is -0.492 e. The van der Waals surface area contributed by atoms with Crippen molar-refractivity contribution in [2.24, 2.45) is 5.73 Å². The topological polar surface area (TPSA) is 131 Å². The highest BCUT2D eigenvalue weighted by atomic mass is 19.4.